The highest BCUT2D eigenvalue weighted by atomic mass is 16.3. The van der Waals surface area contributed by atoms with Crippen LogP contribution in [0.15, 0.2) is 211 Å². The predicted molar refractivity (Wildman–Crippen MR) is 231 cm³/mol. The Bertz CT molecular complexity index is 3140. The van der Waals surface area contributed by atoms with Gasteiger partial charge in [0, 0.05) is 39.0 Å². The Balaban J connectivity index is 1.12. The Labute approximate surface area is 318 Å². The highest BCUT2D eigenvalue weighted by Crippen LogP contribution is 2.45. The van der Waals surface area contributed by atoms with Crippen molar-refractivity contribution in [3.05, 3.63) is 206 Å². The molecule has 0 amide bonds. The van der Waals surface area contributed by atoms with Crippen molar-refractivity contribution in [1.29, 1.82) is 0 Å². The summed E-state index contributed by atoms with van der Waals surface area (Å²) in [5, 5.41) is 7.05. The summed E-state index contributed by atoms with van der Waals surface area (Å²) in [6.07, 6.45) is 0. The maximum Gasteiger partial charge on any atom is 0.137 e. The summed E-state index contributed by atoms with van der Waals surface area (Å²) in [5.41, 5.74) is 13.2. The molecule has 0 unspecified atom stereocenters. The topological polar surface area (TPSA) is 21.3 Å². The van der Waals surface area contributed by atoms with Gasteiger partial charge >= 0.3 is 0 Å². The van der Waals surface area contributed by atoms with Crippen molar-refractivity contribution < 1.29 is 4.42 Å². The number of hydrogen-bond acceptors (Lipinski definition) is 2. The third kappa shape index (κ3) is 5.05. The second-order valence-electron chi connectivity index (χ2n) is 14.1. The molecule has 0 saturated heterocycles. The maximum atomic E-state index is 6.78. The van der Waals surface area contributed by atoms with Crippen LogP contribution >= 0.6 is 0 Å². The lowest BCUT2D eigenvalue weighted by Gasteiger charge is -2.27. The van der Waals surface area contributed by atoms with E-state index < -0.39 is 0 Å². The van der Waals surface area contributed by atoms with Crippen molar-refractivity contribution in [3.8, 4) is 27.9 Å². The summed E-state index contributed by atoms with van der Waals surface area (Å²) >= 11 is 0. The van der Waals surface area contributed by atoms with E-state index >= 15 is 0 Å². The minimum atomic E-state index is 0.844. The van der Waals surface area contributed by atoms with Crippen molar-refractivity contribution in [2.45, 2.75) is 0 Å². The van der Waals surface area contributed by atoms with Gasteiger partial charge in [0.2, 0.25) is 0 Å². The van der Waals surface area contributed by atoms with E-state index in [2.05, 4.69) is 216 Å². The highest BCUT2D eigenvalue weighted by Gasteiger charge is 2.21. The van der Waals surface area contributed by atoms with E-state index in [0.29, 0.717) is 0 Å². The summed E-state index contributed by atoms with van der Waals surface area (Å²) in [4.78, 5) is 2.37. The van der Waals surface area contributed by atoms with Crippen molar-refractivity contribution in [2.24, 2.45) is 0 Å². The molecule has 0 radical (unpaired) electrons. The molecule has 258 valence electrons. The number of anilines is 3. The molecule has 11 aromatic rings. The van der Waals surface area contributed by atoms with E-state index in [1.807, 2.05) is 0 Å². The predicted octanol–water partition coefficient (Wildman–Crippen LogP) is 14.6. The first-order valence-corrected chi connectivity index (χ1v) is 18.8. The summed E-state index contributed by atoms with van der Waals surface area (Å²) in [6, 6.07) is 73.8. The molecule has 0 aliphatic carbocycles. The summed E-state index contributed by atoms with van der Waals surface area (Å²) in [5.74, 6) is 0. The summed E-state index contributed by atoms with van der Waals surface area (Å²) in [7, 11) is 0. The first-order chi connectivity index (χ1) is 27.3. The van der Waals surface area contributed by atoms with Crippen LogP contribution in [0.4, 0.5) is 17.1 Å². The largest absolute Gasteiger partial charge is 0.456 e. The number of hydrogen-bond donors (Lipinski definition) is 0. The zero-order valence-electron chi connectivity index (χ0n) is 29.9. The summed E-state index contributed by atoms with van der Waals surface area (Å²) in [6.45, 7) is 0. The van der Waals surface area contributed by atoms with Crippen LogP contribution in [0.5, 0.6) is 0 Å². The lowest BCUT2D eigenvalue weighted by molar-refractivity contribution is 0.669. The van der Waals surface area contributed by atoms with Gasteiger partial charge in [-0.3, -0.25) is 0 Å². The average Bonchev–Trinajstić information content (AvgIpc) is 3.80. The molecule has 2 heterocycles. The molecule has 9 aromatic carbocycles. The Hall–Kier alpha value is -7.36. The van der Waals surface area contributed by atoms with E-state index in [9.17, 15) is 0 Å². The molecule has 2 aromatic heterocycles. The van der Waals surface area contributed by atoms with Gasteiger partial charge in [0.05, 0.1) is 27.8 Å². The minimum absolute atomic E-state index is 0.844. The van der Waals surface area contributed by atoms with Crippen LogP contribution in [0.3, 0.4) is 0 Å². The fraction of sp³-hybridized carbons (Fsp3) is 0. The maximum absolute atomic E-state index is 6.78. The molecule has 0 aliphatic heterocycles. The Morgan fingerprint density at radius 1 is 0.364 bits per heavy atom. The lowest BCUT2D eigenvalue weighted by atomic mass is 9.96. The zero-order chi connectivity index (χ0) is 36.3. The third-order valence-electron chi connectivity index (χ3n) is 11.0. The first-order valence-electron chi connectivity index (χ1n) is 18.8. The van der Waals surface area contributed by atoms with Gasteiger partial charge in [-0.15, -0.1) is 0 Å². The number of rotatable bonds is 6. The van der Waals surface area contributed by atoms with E-state index in [1.54, 1.807) is 0 Å². The van der Waals surface area contributed by atoms with Crippen molar-refractivity contribution in [2.75, 3.05) is 4.90 Å². The molecule has 0 spiro atoms. The van der Waals surface area contributed by atoms with Crippen LogP contribution in [0.2, 0.25) is 0 Å². The van der Waals surface area contributed by atoms with E-state index in [4.69, 9.17) is 4.42 Å². The summed E-state index contributed by atoms with van der Waals surface area (Å²) < 4.78 is 9.17. The number of aromatic nitrogens is 1. The van der Waals surface area contributed by atoms with Gasteiger partial charge in [-0.1, -0.05) is 146 Å². The average molecular weight is 703 g/mol. The van der Waals surface area contributed by atoms with Crippen LogP contribution < -0.4 is 4.90 Å². The molecule has 0 aliphatic rings. The van der Waals surface area contributed by atoms with Crippen LogP contribution in [-0.2, 0) is 0 Å². The highest BCUT2D eigenvalue weighted by molar-refractivity contribution is 6.15. The molecule has 11 rings (SSSR count). The Kier molecular flexibility index (Phi) is 7.17. The quantitative estimate of drug-likeness (QED) is 0.172. The molecule has 0 bridgehead atoms. The van der Waals surface area contributed by atoms with Gasteiger partial charge in [-0.25, -0.2) is 0 Å². The van der Waals surface area contributed by atoms with Crippen LogP contribution in [0.25, 0.3) is 82.5 Å². The molecule has 0 atom stereocenters. The zero-order valence-corrected chi connectivity index (χ0v) is 29.9. The number of furan rings is 1. The molecule has 55 heavy (non-hydrogen) atoms. The van der Waals surface area contributed by atoms with Crippen LogP contribution in [0.1, 0.15) is 0 Å². The molecular weight excluding hydrogens is 669 g/mol. The van der Waals surface area contributed by atoms with E-state index in [0.717, 1.165) is 44.7 Å². The smallest absolute Gasteiger partial charge is 0.137 e. The number of nitrogens with zero attached hydrogens (tertiary/aromatic N) is 2. The standard InChI is InChI=1S/C52H34N2O/c1-3-14-35(15-4-1)36-26-28-38(29-27-36)53(48-33-32-40(37-16-5-2-6-17-37)41-18-7-8-19-42(41)48)39-30-31-45-51(34-39)55-50-25-13-24-49(52(45)50)54-46-22-11-9-20-43(46)44-21-10-12-23-47(44)54/h1-34H. The monoisotopic (exact) mass is 702 g/mol. The van der Waals surface area contributed by atoms with Gasteiger partial charge in [0.1, 0.15) is 11.2 Å². The van der Waals surface area contributed by atoms with Gasteiger partial charge in [-0.05, 0) is 82.2 Å². The van der Waals surface area contributed by atoms with Gasteiger partial charge in [0.25, 0.3) is 0 Å². The molecule has 0 saturated carbocycles. The second-order valence-corrected chi connectivity index (χ2v) is 14.1. The lowest BCUT2D eigenvalue weighted by Crippen LogP contribution is -2.10. The van der Waals surface area contributed by atoms with Gasteiger partial charge < -0.3 is 13.9 Å². The van der Waals surface area contributed by atoms with E-state index in [1.165, 1.54) is 54.8 Å². The van der Waals surface area contributed by atoms with Gasteiger partial charge in [-0.2, -0.15) is 0 Å². The van der Waals surface area contributed by atoms with Crippen molar-refractivity contribution in [1.82, 2.24) is 4.57 Å². The van der Waals surface area contributed by atoms with Crippen LogP contribution in [0, 0.1) is 0 Å². The third-order valence-corrected chi connectivity index (χ3v) is 11.0. The van der Waals surface area contributed by atoms with Crippen molar-refractivity contribution in [3.63, 3.8) is 0 Å². The molecule has 0 N–H and O–H groups in total. The number of para-hydroxylation sites is 2. The Morgan fingerprint density at radius 3 is 1.65 bits per heavy atom. The molecule has 3 nitrogen and oxygen atoms in total. The minimum Gasteiger partial charge on any atom is -0.456 e. The first kappa shape index (κ1) is 31.2. The molecule has 0 fully saturated rings. The Morgan fingerprint density at radius 2 is 0.945 bits per heavy atom. The fourth-order valence-electron chi connectivity index (χ4n) is 8.51. The van der Waals surface area contributed by atoms with Crippen molar-refractivity contribution >= 4 is 71.6 Å². The normalized spacial score (nSPS) is 11.6. The molecule has 3 heteroatoms. The van der Waals surface area contributed by atoms with E-state index in [-0.39, 0.29) is 0 Å². The van der Waals surface area contributed by atoms with Crippen LogP contribution in [-0.4, -0.2) is 4.57 Å². The fourth-order valence-corrected chi connectivity index (χ4v) is 8.51. The number of fused-ring (bicyclic) bond motifs is 7. The SMILES string of the molecule is c1ccc(-c2ccc(N(c3ccc4c(c3)oc3cccc(-n5c6ccccc6c6ccccc65)c34)c3ccc(-c4ccccc4)c4ccccc34)cc2)cc1. The second kappa shape index (κ2) is 12.6. The van der Waals surface area contributed by atoms with Gasteiger partial charge in [0.15, 0.2) is 0 Å². The molecular formula is C52H34N2O. The number of benzene rings is 9.